The minimum Gasteiger partial charge on any atom is -0.482 e. The molecule has 0 spiro atoms. The first-order valence-corrected chi connectivity index (χ1v) is 9.43. The standard InChI is InChI=1S/C22H18N4O6/c27-22(13-18-8-4-5-9-19(18)25(28)29)24-23-14-17-10-11-21(20(12-17)26(30)31)32-15-16-6-2-1-3-7-16/h1-12,14H,13,15H2,(H,24,27)/b23-14+. The summed E-state index contributed by atoms with van der Waals surface area (Å²) in [4.78, 5) is 33.4. The Bertz CT molecular complexity index is 1160. The van der Waals surface area contributed by atoms with Crippen molar-refractivity contribution in [3.05, 3.63) is 110 Å². The van der Waals surface area contributed by atoms with Crippen molar-refractivity contribution in [1.82, 2.24) is 5.43 Å². The van der Waals surface area contributed by atoms with Gasteiger partial charge in [-0.25, -0.2) is 5.43 Å². The maximum Gasteiger partial charge on any atom is 0.311 e. The fourth-order valence-electron chi connectivity index (χ4n) is 2.84. The summed E-state index contributed by atoms with van der Waals surface area (Å²) in [6, 6.07) is 19.4. The lowest BCUT2D eigenvalue weighted by Crippen LogP contribution is -2.20. The molecule has 0 saturated heterocycles. The largest absolute Gasteiger partial charge is 0.482 e. The lowest BCUT2D eigenvalue weighted by molar-refractivity contribution is -0.386. The lowest BCUT2D eigenvalue weighted by atomic mass is 10.1. The highest BCUT2D eigenvalue weighted by Crippen LogP contribution is 2.28. The Labute approximate surface area is 182 Å². The second kappa shape index (κ2) is 10.4. The van der Waals surface area contributed by atoms with Gasteiger partial charge in [-0.05, 0) is 17.7 Å². The Morgan fingerprint density at radius 2 is 1.62 bits per heavy atom. The lowest BCUT2D eigenvalue weighted by Gasteiger charge is -2.07. The Balaban J connectivity index is 1.64. The quantitative estimate of drug-likeness (QED) is 0.309. The second-order valence-electron chi connectivity index (χ2n) is 6.61. The fourth-order valence-corrected chi connectivity index (χ4v) is 2.84. The number of hydrogen-bond donors (Lipinski definition) is 1. The zero-order valence-electron chi connectivity index (χ0n) is 16.7. The number of hydrazone groups is 1. The fraction of sp³-hybridized carbons (Fsp3) is 0.0909. The molecule has 0 fully saturated rings. The van der Waals surface area contributed by atoms with Crippen LogP contribution in [0, 0.1) is 20.2 Å². The highest BCUT2D eigenvalue weighted by molar-refractivity contribution is 5.84. The van der Waals surface area contributed by atoms with E-state index >= 15 is 0 Å². The average molecular weight is 434 g/mol. The zero-order valence-corrected chi connectivity index (χ0v) is 16.7. The van der Waals surface area contributed by atoms with E-state index < -0.39 is 15.8 Å². The summed E-state index contributed by atoms with van der Waals surface area (Å²) in [5.41, 5.74) is 3.35. The van der Waals surface area contributed by atoms with Gasteiger partial charge in [0, 0.05) is 23.3 Å². The van der Waals surface area contributed by atoms with Crippen LogP contribution in [0.25, 0.3) is 0 Å². The predicted molar refractivity (Wildman–Crippen MR) is 116 cm³/mol. The monoisotopic (exact) mass is 434 g/mol. The SMILES string of the molecule is O=C(Cc1ccccc1[N+](=O)[O-])N/N=C/c1ccc(OCc2ccccc2)c([N+](=O)[O-])c1. The number of nitro groups is 2. The molecule has 0 aliphatic heterocycles. The molecule has 10 heteroatoms. The van der Waals surface area contributed by atoms with E-state index in [0.29, 0.717) is 5.56 Å². The molecule has 0 heterocycles. The molecule has 0 radical (unpaired) electrons. The number of carbonyl (C=O) groups is 1. The summed E-state index contributed by atoms with van der Waals surface area (Å²) >= 11 is 0. The summed E-state index contributed by atoms with van der Waals surface area (Å²) in [5, 5.41) is 26.2. The number of hydrogen-bond acceptors (Lipinski definition) is 7. The summed E-state index contributed by atoms with van der Waals surface area (Å²) < 4.78 is 5.57. The smallest absolute Gasteiger partial charge is 0.311 e. The van der Waals surface area contributed by atoms with Crippen molar-refractivity contribution in [2.45, 2.75) is 13.0 Å². The number of nitrogens with zero attached hydrogens (tertiary/aromatic N) is 3. The van der Waals surface area contributed by atoms with Gasteiger partial charge in [-0.1, -0.05) is 48.5 Å². The van der Waals surface area contributed by atoms with Crippen molar-refractivity contribution < 1.29 is 19.4 Å². The Morgan fingerprint density at radius 1 is 0.938 bits per heavy atom. The van der Waals surface area contributed by atoms with Gasteiger partial charge in [0.15, 0.2) is 5.75 Å². The van der Waals surface area contributed by atoms with E-state index in [1.807, 2.05) is 30.3 Å². The third-order valence-corrected chi connectivity index (χ3v) is 4.36. The molecule has 0 aliphatic carbocycles. The van der Waals surface area contributed by atoms with Crippen LogP contribution in [0.4, 0.5) is 11.4 Å². The van der Waals surface area contributed by atoms with E-state index in [4.69, 9.17) is 4.74 Å². The number of nitrogens with one attached hydrogen (secondary N) is 1. The van der Waals surface area contributed by atoms with E-state index in [2.05, 4.69) is 10.5 Å². The molecule has 3 rings (SSSR count). The first-order valence-electron chi connectivity index (χ1n) is 9.43. The van der Waals surface area contributed by atoms with E-state index in [9.17, 15) is 25.0 Å². The molecule has 3 aromatic rings. The van der Waals surface area contributed by atoms with Gasteiger partial charge in [-0.2, -0.15) is 5.10 Å². The van der Waals surface area contributed by atoms with Crippen molar-refractivity contribution in [2.24, 2.45) is 5.10 Å². The van der Waals surface area contributed by atoms with Gasteiger partial charge < -0.3 is 4.74 Å². The van der Waals surface area contributed by atoms with Crippen LogP contribution in [-0.2, 0) is 17.8 Å². The van der Waals surface area contributed by atoms with Gasteiger partial charge in [0.05, 0.1) is 22.5 Å². The topological polar surface area (TPSA) is 137 Å². The van der Waals surface area contributed by atoms with Crippen LogP contribution in [0.1, 0.15) is 16.7 Å². The van der Waals surface area contributed by atoms with Gasteiger partial charge in [0.25, 0.3) is 5.69 Å². The third-order valence-electron chi connectivity index (χ3n) is 4.36. The maximum atomic E-state index is 12.1. The first kappa shape index (κ1) is 22.1. The zero-order chi connectivity index (χ0) is 22.9. The van der Waals surface area contributed by atoms with Crippen LogP contribution in [0.3, 0.4) is 0 Å². The molecule has 32 heavy (non-hydrogen) atoms. The Morgan fingerprint density at radius 3 is 2.34 bits per heavy atom. The Kier molecular flexibility index (Phi) is 7.20. The number of carbonyl (C=O) groups excluding carboxylic acids is 1. The molecule has 0 saturated carbocycles. The van der Waals surface area contributed by atoms with Crippen LogP contribution in [0.2, 0.25) is 0 Å². The molecule has 0 aromatic heterocycles. The minimum atomic E-state index is -0.565. The van der Waals surface area contributed by atoms with E-state index in [1.165, 1.54) is 36.5 Å². The van der Waals surface area contributed by atoms with Crippen molar-refractivity contribution in [2.75, 3.05) is 0 Å². The second-order valence-corrected chi connectivity index (χ2v) is 6.61. The van der Waals surface area contributed by atoms with Gasteiger partial charge >= 0.3 is 5.69 Å². The van der Waals surface area contributed by atoms with E-state index in [0.717, 1.165) is 5.56 Å². The molecule has 0 atom stereocenters. The van der Waals surface area contributed by atoms with E-state index in [-0.39, 0.29) is 35.7 Å². The van der Waals surface area contributed by atoms with Crippen LogP contribution >= 0.6 is 0 Å². The van der Waals surface area contributed by atoms with Crippen LogP contribution in [0.15, 0.2) is 77.9 Å². The molecule has 0 aliphatic rings. The normalized spacial score (nSPS) is 10.6. The van der Waals surface area contributed by atoms with Crippen LogP contribution < -0.4 is 10.2 Å². The molecule has 1 N–H and O–H groups in total. The predicted octanol–water partition coefficient (Wildman–Crippen LogP) is 3.77. The molecule has 0 unspecified atom stereocenters. The summed E-state index contributed by atoms with van der Waals surface area (Å²) in [6.07, 6.45) is 1.01. The highest BCUT2D eigenvalue weighted by atomic mass is 16.6. The van der Waals surface area contributed by atoms with E-state index in [1.54, 1.807) is 12.1 Å². The molecular weight excluding hydrogens is 416 g/mol. The number of amides is 1. The van der Waals surface area contributed by atoms with Gasteiger partial charge in [0.1, 0.15) is 6.61 Å². The molecule has 10 nitrogen and oxygen atoms in total. The van der Waals surface area contributed by atoms with Crippen molar-refractivity contribution in [1.29, 1.82) is 0 Å². The Hall–Kier alpha value is -4.60. The molecule has 3 aromatic carbocycles. The third kappa shape index (κ3) is 5.95. The van der Waals surface area contributed by atoms with Crippen molar-refractivity contribution in [3.63, 3.8) is 0 Å². The van der Waals surface area contributed by atoms with Crippen LogP contribution in [-0.4, -0.2) is 22.0 Å². The highest BCUT2D eigenvalue weighted by Gasteiger charge is 2.17. The molecule has 0 bridgehead atoms. The first-order chi connectivity index (χ1) is 15.4. The van der Waals surface area contributed by atoms with Crippen molar-refractivity contribution in [3.8, 4) is 5.75 Å². The number of benzene rings is 3. The molecular formula is C22H18N4O6. The molecule has 162 valence electrons. The maximum absolute atomic E-state index is 12.1. The number of rotatable bonds is 9. The van der Waals surface area contributed by atoms with Crippen molar-refractivity contribution >= 4 is 23.5 Å². The summed E-state index contributed by atoms with van der Waals surface area (Å²) in [5.74, 6) is -0.454. The minimum absolute atomic E-state index is 0.108. The molecule has 1 amide bonds. The summed E-state index contributed by atoms with van der Waals surface area (Å²) in [6.45, 7) is 0.177. The number of nitro benzene ring substituents is 2. The average Bonchev–Trinajstić information content (AvgIpc) is 2.79. The van der Waals surface area contributed by atoms with Crippen LogP contribution in [0.5, 0.6) is 5.75 Å². The summed E-state index contributed by atoms with van der Waals surface area (Å²) in [7, 11) is 0. The number of para-hydroxylation sites is 1. The number of ether oxygens (including phenoxy) is 1. The van der Waals surface area contributed by atoms with Gasteiger partial charge in [0.2, 0.25) is 5.91 Å². The van der Waals surface area contributed by atoms with Gasteiger partial charge in [-0.3, -0.25) is 25.0 Å². The van der Waals surface area contributed by atoms with Gasteiger partial charge in [-0.15, -0.1) is 0 Å².